The number of nitrogens with zero attached hydrogens (tertiary/aromatic N) is 1. The summed E-state index contributed by atoms with van der Waals surface area (Å²) in [7, 11) is 0. The highest BCUT2D eigenvalue weighted by atomic mass is 35.5. The molecule has 2 aromatic carbocycles. The molecule has 1 aliphatic heterocycles. The van der Waals surface area contributed by atoms with Crippen LogP contribution in [0.1, 0.15) is 11.7 Å². The van der Waals surface area contributed by atoms with Crippen molar-refractivity contribution < 1.29 is 18.7 Å². The Kier molecular flexibility index (Phi) is 5.33. The van der Waals surface area contributed by atoms with E-state index in [1.54, 1.807) is 4.90 Å². The molecule has 1 atom stereocenters. The topological polar surface area (TPSA) is 38.8 Å². The number of carbonyl (C=O) groups is 1. The van der Waals surface area contributed by atoms with E-state index in [9.17, 15) is 9.18 Å². The summed E-state index contributed by atoms with van der Waals surface area (Å²) in [6.07, 6.45) is -0.135. The molecule has 1 heterocycles. The Labute approximate surface area is 144 Å². The van der Waals surface area contributed by atoms with Crippen LogP contribution in [0.5, 0.6) is 5.75 Å². The fourth-order valence-corrected chi connectivity index (χ4v) is 2.72. The van der Waals surface area contributed by atoms with E-state index >= 15 is 0 Å². The fraction of sp³-hybridized carbons (Fsp3) is 0.278. The van der Waals surface area contributed by atoms with Gasteiger partial charge < -0.3 is 14.4 Å². The number of ether oxygens (including phenoxy) is 2. The van der Waals surface area contributed by atoms with Crippen LogP contribution in [0.25, 0.3) is 0 Å². The fourth-order valence-electron chi connectivity index (χ4n) is 2.55. The summed E-state index contributed by atoms with van der Waals surface area (Å²) in [5, 5.41) is -0.0320. The second-order valence-corrected chi connectivity index (χ2v) is 5.88. The second-order valence-electron chi connectivity index (χ2n) is 5.47. The summed E-state index contributed by atoms with van der Waals surface area (Å²) in [4.78, 5) is 14.1. The van der Waals surface area contributed by atoms with Crippen molar-refractivity contribution in [3.8, 4) is 5.75 Å². The van der Waals surface area contributed by atoms with Crippen LogP contribution in [0.3, 0.4) is 0 Å². The first-order valence-corrected chi connectivity index (χ1v) is 8.03. The van der Waals surface area contributed by atoms with Crippen LogP contribution < -0.4 is 4.74 Å². The monoisotopic (exact) mass is 349 g/mol. The summed E-state index contributed by atoms with van der Waals surface area (Å²) in [5.74, 6) is -0.295. The summed E-state index contributed by atoms with van der Waals surface area (Å²) < 4.78 is 24.3. The number of carbonyl (C=O) groups excluding carboxylic acids is 1. The van der Waals surface area contributed by atoms with Gasteiger partial charge in [0, 0.05) is 12.6 Å². The maximum absolute atomic E-state index is 13.1. The predicted octanol–water partition coefficient (Wildman–Crippen LogP) is 3.46. The van der Waals surface area contributed by atoms with E-state index in [2.05, 4.69) is 0 Å². The molecule has 0 saturated carbocycles. The molecule has 0 N–H and O–H groups in total. The predicted molar refractivity (Wildman–Crippen MR) is 88.6 cm³/mol. The van der Waals surface area contributed by atoms with Gasteiger partial charge in [-0.3, -0.25) is 4.79 Å². The minimum absolute atomic E-state index is 0.0320. The number of hydrogen-bond acceptors (Lipinski definition) is 3. The lowest BCUT2D eigenvalue weighted by Gasteiger charge is -2.33. The van der Waals surface area contributed by atoms with E-state index in [0.29, 0.717) is 25.4 Å². The summed E-state index contributed by atoms with van der Waals surface area (Å²) in [5.41, 5.74) is 1.04. The summed E-state index contributed by atoms with van der Waals surface area (Å²) >= 11 is 5.70. The van der Waals surface area contributed by atoms with E-state index in [0.717, 1.165) is 5.56 Å². The van der Waals surface area contributed by atoms with Crippen molar-refractivity contribution in [1.29, 1.82) is 0 Å². The molecule has 24 heavy (non-hydrogen) atoms. The van der Waals surface area contributed by atoms with Crippen molar-refractivity contribution in [3.05, 3.63) is 64.9 Å². The first-order valence-electron chi connectivity index (χ1n) is 7.65. The average molecular weight is 350 g/mol. The van der Waals surface area contributed by atoms with E-state index < -0.39 is 5.82 Å². The van der Waals surface area contributed by atoms with Crippen LogP contribution in [-0.2, 0) is 9.53 Å². The van der Waals surface area contributed by atoms with Gasteiger partial charge in [0.05, 0.1) is 18.2 Å². The SMILES string of the molecule is O=C(COc1ccc(F)c(Cl)c1)N1CCOC(c2ccccc2)C1. The Balaban J connectivity index is 1.57. The van der Waals surface area contributed by atoms with Crippen molar-refractivity contribution in [3.63, 3.8) is 0 Å². The van der Waals surface area contributed by atoms with Crippen LogP contribution >= 0.6 is 11.6 Å². The molecule has 1 unspecified atom stereocenters. The largest absolute Gasteiger partial charge is 0.484 e. The first-order chi connectivity index (χ1) is 11.6. The molecule has 6 heteroatoms. The number of hydrogen-bond donors (Lipinski definition) is 0. The second kappa shape index (κ2) is 7.64. The van der Waals surface area contributed by atoms with E-state index in [4.69, 9.17) is 21.1 Å². The number of morpholine rings is 1. The number of benzene rings is 2. The standard InChI is InChI=1S/C18H17ClFNO3/c19-15-10-14(6-7-16(15)20)24-12-18(22)21-8-9-23-17(11-21)13-4-2-1-3-5-13/h1-7,10,17H,8-9,11-12H2. The van der Waals surface area contributed by atoms with Gasteiger partial charge in [0.15, 0.2) is 6.61 Å². The molecule has 0 radical (unpaired) electrons. The zero-order valence-corrected chi connectivity index (χ0v) is 13.7. The van der Waals surface area contributed by atoms with Crippen LogP contribution in [-0.4, -0.2) is 37.1 Å². The molecular formula is C18H17ClFNO3. The molecule has 0 aliphatic carbocycles. The van der Waals surface area contributed by atoms with E-state index in [1.807, 2.05) is 30.3 Å². The molecular weight excluding hydrogens is 333 g/mol. The van der Waals surface area contributed by atoms with Gasteiger partial charge in [-0.1, -0.05) is 41.9 Å². The lowest BCUT2D eigenvalue weighted by Crippen LogP contribution is -2.44. The molecule has 1 fully saturated rings. The van der Waals surface area contributed by atoms with Crippen molar-refractivity contribution in [2.45, 2.75) is 6.10 Å². The van der Waals surface area contributed by atoms with Crippen LogP contribution in [0.15, 0.2) is 48.5 Å². The highest BCUT2D eigenvalue weighted by Gasteiger charge is 2.25. The zero-order valence-electron chi connectivity index (χ0n) is 13.0. The molecule has 1 saturated heterocycles. The van der Waals surface area contributed by atoms with Gasteiger partial charge in [-0.15, -0.1) is 0 Å². The van der Waals surface area contributed by atoms with Crippen LogP contribution in [0, 0.1) is 5.82 Å². The molecule has 0 spiro atoms. The van der Waals surface area contributed by atoms with Gasteiger partial charge in [-0.2, -0.15) is 0 Å². The lowest BCUT2D eigenvalue weighted by molar-refractivity contribution is -0.141. The first kappa shape index (κ1) is 16.7. The Morgan fingerprint density at radius 3 is 2.83 bits per heavy atom. The Bertz CT molecular complexity index is 711. The zero-order chi connectivity index (χ0) is 16.9. The summed E-state index contributed by atoms with van der Waals surface area (Å²) in [6, 6.07) is 13.8. The Morgan fingerprint density at radius 2 is 2.08 bits per heavy atom. The number of halogens is 2. The Hall–Kier alpha value is -2.11. The molecule has 3 rings (SSSR count). The van der Waals surface area contributed by atoms with Gasteiger partial charge >= 0.3 is 0 Å². The molecule has 0 bridgehead atoms. The highest BCUT2D eigenvalue weighted by Crippen LogP contribution is 2.23. The smallest absolute Gasteiger partial charge is 0.260 e. The van der Waals surface area contributed by atoms with E-state index in [-0.39, 0.29) is 23.6 Å². The van der Waals surface area contributed by atoms with E-state index in [1.165, 1.54) is 18.2 Å². The highest BCUT2D eigenvalue weighted by molar-refractivity contribution is 6.30. The normalized spacial score (nSPS) is 17.6. The third-order valence-corrected chi connectivity index (χ3v) is 4.13. The molecule has 2 aromatic rings. The quantitative estimate of drug-likeness (QED) is 0.848. The minimum Gasteiger partial charge on any atom is -0.484 e. The van der Waals surface area contributed by atoms with Gasteiger partial charge in [-0.25, -0.2) is 4.39 Å². The lowest BCUT2D eigenvalue weighted by atomic mass is 10.1. The van der Waals surface area contributed by atoms with Crippen molar-refractivity contribution in [2.24, 2.45) is 0 Å². The van der Waals surface area contributed by atoms with Crippen LogP contribution in [0.2, 0.25) is 5.02 Å². The van der Waals surface area contributed by atoms with Gasteiger partial charge in [0.2, 0.25) is 0 Å². The maximum Gasteiger partial charge on any atom is 0.260 e. The van der Waals surface area contributed by atoms with Crippen LogP contribution in [0.4, 0.5) is 4.39 Å². The molecule has 126 valence electrons. The third kappa shape index (κ3) is 4.04. The summed E-state index contributed by atoms with van der Waals surface area (Å²) in [6.45, 7) is 1.36. The number of rotatable bonds is 4. The van der Waals surface area contributed by atoms with Crippen molar-refractivity contribution in [2.75, 3.05) is 26.3 Å². The van der Waals surface area contributed by atoms with Crippen molar-refractivity contribution >= 4 is 17.5 Å². The van der Waals surface area contributed by atoms with Crippen molar-refractivity contribution in [1.82, 2.24) is 4.90 Å². The molecule has 1 aliphatic rings. The van der Waals surface area contributed by atoms with Gasteiger partial charge in [-0.05, 0) is 17.7 Å². The average Bonchev–Trinajstić information content (AvgIpc) is 2.63. The van der Waals surface area contributed by atoms with Gasteiger partial charge in [0.1, 0.15) is 17.7 Å². The number of amides is 1. The Morgan fingerprint density at radius 1 is 1.29 bits per heavy atom. The molecule has 4 nitrogen and oxygen atoms in total. The minimum atomic E-state index is -0.519. The van der Waals surface area contributed by atoms with Gasteiger partial charge in [0.25, 0.3) is 5.91 Å². The molecule has 0 aromatic heterocycles. The molecule has 1 amide bonds. The maximum atomic E-state index is 13.1. The third-order valence-electron chi connectivity index (χ3n) is 3.84.